The molecule has 1 atom stereocenters. The molecule has 25 heavy (non-hydrogen) atoms. The minimum Gasteiger partial charge on any atom is -0.493 e. The number of fused-ring (bicyclic) bond motifs is 1. The molecule has 5 heteroatoms. The zero-order valence-electron chi connectivity index (χ0n) is 15.5. The van der Waals surface area contributed by atoms with Crippen molar-refractivity contribution < 1.29 is 14.2 Å². The normalized spacial score (nSPS) is 17.6. The van der Waals surface area contributed by atoms with Crippen LogP contribution in [0.2, 0.25) is 0 Å². The Morgan fingerprint density at radius 3 is 2.60 bits per heavy atom. The number of hydrogen-bond acceptors (Lipinski definition) is 5. The van der Waals surface area contributed by atoms with Crippen LogP contribution in [0.4, 0.5) is 0 Å². The average Bonchev–Trinajstić information content (AvgIpc) is 3.14. The van der Waals surface area contributed by atoms with Gasteiger partial charge in [-0.2, -0.15) is 0 Å². The summed E-state index contributed by atoms with van der Waals surface area (Å²) in [6, 6.07) is 8.87. The van der Waals surface area contributed by atoms with E-state index >= 15 is 0 Å². The molecule has 0 N–H and O–H groups in total. The smallest absolute Gasteiger partial charge is 0.161 e. The quantitative estimate of drug-likeness (QED) is 0.742. The second-order valence-corrected chi connectivity index (χ2v) is 7.51. The van der Waals surface area contributed by atoms with E-state index in [2.05, 4.69) is 48.4 Å². The van der Waals surface area contributed by atoms with Gasteiger partial charge in [-0.25, -0.2) is 0 Å². The van der Waals surface area contributed by atoms with Crippen LogP contribution in [-0.4, -0.2) is 44.9 Å². The maximum atomic E-state index is 5.80. The van der Waals surface area contributed by atoms with Crippen molar-refractivity contribution >= 4 is 11.3 Å². The summed E-state index contributed by atoms with van der Waals surface area (Å²) in [5.74, 6) is 1.60. The predicted octanol–water partition coefficient (Wildman–Crippen LogP) is 4.14. The fourth-order valence-corrected chi connectivity index (χ4v) is 4.30. The lowest BCUT2D eigenvalue weighted by molar-refractivity contribution is 0.0512. The molecular formula is C20H27NO3S. The minimum atomic E-state index is 0.249. The number of nitrogens with zero attached hydrogens (tertiary/aromatic N) is 1. The number of benzene rings is 1. The van der Waals surface area contributed by atoms with Gasteiger partial charge in [0, 0.05) is 18.0 Å². The molecule has 1 aromatic heterocycles. The summed E-state index contributed by atoms with van der Waals surface area (Å²) in [4.78, 5) is 3.88. The highest BCUT2D eigenvalue weighted by atomic mass is 32.1. The second-order valence-electron chi connectivity index (χ2n) is 6.53. The summed E-state index contributed by atoms with van der Waals surface area (Å²) in [5.41, 5.74) is 2.66. The van der Waals surface area contributed by atoms with Gasteiger partial charge in [-0.3, -0.25) is 4.90 Å². The third kappa shape index (κ3) is 4.00. The van der Waals surface area contributed by atoms with Crippen molar-refractivity contribution in [3.8, 4) is 11.5 Å². The molecule has 0 amide bonds. The van der Waals surface area contributed by atoms with Crippen molar-refractivity contribution in [2.24, 2.45) is 0 Å². The van der Waals surface area contributed by atoms with E-state index in [0.29, 0.717) is 0 Å². The number of thiophene rings is 1. The fraction of sp³-hybridized carbons (Fsp3) is 0.500. The van der Waals surface area contributed by atoms with Crippen LogP contribution >= 0.6 is 11.3 Å². The summed E-state index contributed by atoms with van der Waals surface area (Å²) < 4.78 is 16.8. The van der Waals surface area contributed by atoms with Crippen LogP contribution in [-0.2, 0) is 11.2 Å². The predicted molar refractivity (Wildman–Crippen MR) is 102 cm³/mol. The van der Waals surface area contributed by atoms with Crippen LogP contribution in [0.25, 0.3) is 0 Å². The molecule has 0 saturated carbocycles. The van der Waals surface area contributed by atoms with Crippen molar-refractivity contribution in [2.45, 2.75) is 32.4 Å². The molecule has 2 heterocycles. The van der Waals surface area contributed by atoms with Crippen molar-refractivity contribution in [2.75, 3.05) is 33.9 Å². The van der Waals surface area contributed by atoms with E-state index in [0.717, 1.165) is 37.6 Å². The Kier molecular flexibility index (Phi) is 5.99. The number of methoxy groups -OCH3 is 2. The molecule has 0 aliphatic carbocycles. The highest BCUT2D eigenvalue weighted by molar-refractivity contribution is 7.10. The Morgan fingerprint density at radius 1 is 1.20 bits per heavy atom. The third-order valence-corrected chi connectivity index (χ3v) is 5.54. The van der Waals surface area contributed by atoms with Gasteiger partial charge in [0.1, 0.15) is 0 Å². The Labute approximate surface area is 154 Å². The first-order valence-electron chi connectivity index (χ1n) is 8.78. The van der Waals surface area contributed by atoms with E-state index in [9.17, 15) is 0 Å². The van der Waals surface area contributed by atoms with Crippen LogP contribution in [0.1, 0.15) is 35.9 Å². The highest BCUT2D eigenvalue weighted by Crippen LogP contribution is 2.41. The molecule has 1 unspecified atom stereocenters. The van der Waals surface area contributed by atoms with Crippen molar-refractivity contribution in [3.05, 3.63) is 45.6 Å². The number of hydrogen-bond donors (Lipinski definition) is 0. The maximum Gasteiger partial charge on any atom is 0.161 e. The standard InChI is InChI=1S/C20H27NO3S/c1-14(2)24-10-9-21-8-7-15-12-17(22-3)18(23-4)13-16(15)20(21)19-6-5-11-25-19/h5-6,11-14,20H,7-10H2,1-4H3. The summed E-state index contributed by atoms with van der Waals surface area (Å²) in [6.45, 7) is 6.86. The maximum absolute atomic E-state index is 5.80. The molecule has 2 aromatic rings. The van der Waals surface area contributed by atoms with Gasteiger partial charge in [-0.15, -0.1) is 11.3 Å². The molecule has 0 saturated heterocycles. The van der Waals surface area contributed by atoms with E-state index in [1.165, 1.54) is 16.0 Å². The molecule has 136 valence electrons. The van der Waals surface area contributed by atoms with Crippen molar-refractivity contribution in [1.29, 1.82) is 0 Å². The zero-order valence-corrected chi connectivity index (χ0v) is 16.3. The lowest BCUT2D eigenvalue weighted by Gasteiger charge is -2.37. The van der Waals surface area contributed by atoms with Crippen LogP contribution in [0.5, 0.6) is 11.5 Å². The van der Waals surface area contributed by atoms with E-state index in [1.54, 1.807) is 25.6 Å². The number of ether oxygens (including phenoxy) is 3. The summed E-state index contributed by atoms with van der Waals surface area (Å²) in [5, 5.41) is 2.15. The molecular weight excluding hydrogens is 334 g/mol. The molecule has 0 spiro atoms. The minimum absolute atomic E-state index is 0.249. The Morgan fingerprint density at radius 2 is 1.96 bits per heavy atom. The molecule has 4 nitrogen and oxygen atoms in total. The van der Waals surface area contributed by atoms with E-state index < -0.39 is 0 Å². The van der Waals surface area contributed by atoms with Gasteiger partial charge >= 0.3 is 0 Å². The molecule has 1 aromatic carbocycles. The Balaban J connectivity index is 1.94. The first-order valence-corrected chi connectivity index (χ1v) is 9.65. The van der Waals surface area contributed by atoms with Crippen LogP contribution in [0.15, 0.2) is 29.6 Å². The highest BCUT2D eigenvalue weighted by Gasteiger charge is 2.30. The molecule has 0 fully saturated rings. The monoisotopic (exact) mass is 361 g/mol. The fourth-order valence-electron chi connectivity index (χ4n) is 3.42. The van der Waals surface area contributed by atoms with Gasteiger partial charge in [0.25, 0.3) is 0 Å². The van der Waals surface area contributed by atoms with Gasteiger partial charge in [0.2, 0.25) is 0 Å². The molecule has 1 aliphatic heterocycles. The molecule has 1 aliphatic rings. The zero-order chi connectivity index (χ0) is 17.8. The SMILES string of the molecule is COc1cc2c(cc1OC)C(c1cccs1)N(CCOC(C)C)CC2. The molecule has 3 rings (SSSR count). The van der Waals surface area contributed by atoms with Gasteiger partial charge in [-0.1, -0.05) is 6.07 Å². The Hall–Kier alpha value is -1.56. The first kappa shape index (κ1) is 18.2. The van der Waals surface area contributed by atoms with Gasteiger partial charge in [-0.05, 0) is 55.0 Å². The topological polar surface area (TPSA) is 30.9 Å². The van der Waals surface area contributed by atoms with Crippen LogP contribution in [0, 0.1) is 0 Å². The molecule has 0 bridgehead atoms. The summed E-state index contributed by atoms with van der Waals surface area (Å²) in [7, 11) is 3.39. The van der Waals surface area contributed by atoms with Gasteiger partial charge in [0.15, 0.2) is 11.5 Å². The first-order chi connectivity index (χ1) is 12.1. The van der Waals surface area contributed by atoms with E-state index in [4.69, 9.17) is 14.2 Å². The summed E-state index contributed by atoms with van der Waals surface area (Å²) in [6.07, 6.45) is 1.28. The van der Waals surface area contributed by atoms with E-state index in [-0.39, 0.29) is 12.1 Å². The molecule has 0 radical (unpaired) electrons. The lowest BCUT2D eigenvalue weighted by atomic mass is 9.91. The number of rotatable bonds is 7. The lowest BCUT2D eigenvalue weighted by Crippen LogP contribution is -2.38. The van der Waals surface area contributed by atoms with Crippen LogP contribution < -0.4 is 9.47 Å². The van der Waals surface area contributed by atoms with Crippen molar-refractivity contribution in [3.63, 3.8) is 0 Å². The van der Waals surface area contributed by atoms with Gasteiger partial charge in [0.05, 0.1) is 33.0 Å². The second kappa shape index (κ2) is 8.21. The van der Waals surface area contributed by atoms with Crippen molar-refractivity contribution in [1.82, 2.24) is 4.90 Å². The third-order valence-electron chi connectivity index (χ3n) is 4.62. The van der Waals surface area contributed by atoms with E-state index in [1.807, 2.05) is 0 Å². The van der Waals surface area contributed by atoms with Crippen LogP contribution in [0.3, 0.4) is 0 Å². The Bertz CT molecular complexity index is 684. The summed E-state index contributed by atoms with van der Waals surface area (Å²) >= 11 is 1.81. The largest absolute Gasteiger partial charge is 0.493 e. The van der Waals surface area contributed by atoms with Gasteiger partial charge < -0.3 is 14.2 Å². The average molecular weight is 362 g/mol.